The van der Waals surface area contributed by atoms with Gasteiger partial charge in [-0.2, -0.15) is 9.40 Å². The average molecular weight is 473 g/mol. The van der Waals surface area contributed by atoms with Crippen LogP contribution in [0.15, 0.2) is 53.4 Å². The zero-order valence-corrected chi connectivity index (χ0v) is 19.0. The molecule has 0 radical (unpaired) electrons. The Kier molecular flexibility index (Phi) is 6.59. The molecular formula is C23H25FN4O4S. The summed E-state index contributed by atoms with van der Waals surface area (Å²) in [6, 6.07) is 12.9. The fraction of sp³-hybridized carbons (Fsp3) is 0.304. The van der Waals surface area contributed by atoms with Crippen LogP contribution in [-0.4, -0.2) is 59.8 Å². The van der Waals surface area contributed by atoms with Crippen LogP contribution in [-0.2, 0) is 27.8 Å². The van der Waals surface area contributed by atoms with Crippen LogP contribution in [0.2, 0.25) is 0 Å². The van der Waals surface area contributed by atoms with Crippen molar-refractivity contribution < 1.29 is 22.7 Å². The largest absolute Gasteiger partial charge is 0.481 e. The van der Waals surface area contributed by atoms with E-state index < -0.39 is 21.8 Å². The Bertz CT molecular complexity index is 1270. The molecule has 1 aliphatic heterocycles. The van der Waals surface area contributed by atoms with Crippen molar-refractivity contribution in [1.82, 2.24) is 19.4 Å². The third kappa shape index (κ3) is 4.82. The molecule has 1 aromatic heterocycles. The van der Waals surface area contributed by atoms with Crippen LogP contribution < -0.4 is 5.32 Å². The smallest absolute Gasteiger partial charge is 0.307 e. The second kappa shape index (κ2) is 9.42. The van der Waals surface area contributed by atoms with Gasteiger partial charge in [-0.05, 0) is 24.6 Å². The van der Waals surface area contributed by atoms with Gasteiger partial charge in [0, 0.05) is 37.3 Å². The molecule has 3 aromatic rings. The van der Waals surface area contributed by atoms with Gasteiger partial charge in [0.2, 0.25) is 10.0 Å². The lowest BCUT2D eigenvalue weighted by Crippen LogP contribution is -2.46. The number of nitrogens with zero attached hydrogens (tertiary/aromatic N) is 3. The number of aromatic nitrogens is 2. The monoisotopic (exact) mass is 472 g/mol. The summed E-state index contributed by atoms with van der Waals surface area (Å²) in [4.78, 5) is 11.4. The highest BCUT2D eigenvalue weighted by atomic mass is 32.2. The van der Waals surface area contributed by atoms with E-state index in [1.54, 1.807) is 11.6 Å². The highest BCUT2D eigenvalue weighted by molar-refractivity contribution is 7.89. The lowest BCUT2D eigenvalue weighted by molar-refractivity contribution is -0.136. The first-order chi connectivity index (χ1) is 15.8. The number of piperazine rings is 1. The Morgan fingerprint density at radius 3 is 2.52 bits per heavy atom. The summed E-state index contributed by atoms with van der Waals surface area (Å²) in [5.41, 5.74) is 2.86. The van der Waals surface area contributed by atoms with E-state index in [1.165, 1.54) is 16.4 Å². The van der Waals surface area contributed by atoms with Gasteiger partial charge in [0.1, 0.15) is 5.82 Å². The van der Waals surface area contributed by atoms with E-state index in [-0.39, 0.29) is 17.9 Å². The zero-order valence-electron chi connectivity index (χ0n) is 18.2. The summed E-state index contributed by atoms with van der Waals surface area (Å²) >= 11 is 0. The lowest BCUT2D eigenvalue weighted by Gasteiger charge is -2.27. The molecule has 0 bridgehead atoms. The van der Waals surface area contributed by atoms with Gasteiger partial charge in [-0.1, -0.05) is 36.4 Å². The molecule has 0 saturated carbocycles. The predicted octanol–water partition coefficient (Wildman–Crippen LogP) is 2.27. The van der Waals surface area contributed by atoms with Crippen LogP contribution in [0.1, 0.15) is 16.8 Å². The molecule has 2 aromatic carbocycles. The maximum Gasteiger partial charge on any atom is 0.307 e. The number of benzene rings is 2. The summed E-state index contributed by atoms with van der Waals surface area (Å²) in [7, 11) is -3.92. The van der Waals surface area contributed by atoms with E-state index in [1.807, 2.05) is 30.3 Å². The predicted molar refractivity (Wildman–Crippen MR) is 121 cm³/mol. The Hall–Kier alpha value is -3.08. The molecule has 174 valence electrons. The van der Waals surface area contributed by atoms with Crippen LogP contribution in [0.4, 0.5) is 4.39 Å². The van der Waals surface area contributed by atoms with Crippen LogP contribution in [0.25, 0.3) is 11.3 Å². The number of aliphatic carboxylic acids is 1. The Balaban J connectivity index is 1.81. The number of carbonyl (C=O) groups is 1. The molecule has 0 amide bonds. The summed E-state index contributed by atoms with van der Waals surface area (Å²) in [6.45, 7) is 3.43. The van der Waals surface area contributed by atoms with Crippen LogP contribution >= 0.6 is 0 Å². The third-order valence-corrected chi connectivity index (χ3v) is 7.65. The number of aryl methyl sites for hydroxylation is 1. The summed E-state index contributed by atoms with van der Waals surface area (Å²) in [6.07, 6.45) is -0.217. The van der Waals surface area contributed by atoms with Crippen molar-refractivity contribution in [3.63, 3.8) is 0 Å². The lowest BCUT2D eigenvalue weighted by atomic mass is 10.0. The molecule has 1 fully saturated rings. The molecule has 0 aliphatic carbocycles. The molecule has 1 aliphatic rings. The van der Waals surface area contributed by atoms with Gasteiger partial charge in [-0.25, -0.2) is 12.8 Å². The van der Waals surface area contributed by atoms with Crippen molar-refractivity contribution in [1.29, 1.82) is 0 Å². The first kappa shape index (κ1) is 23.1. The van der Waals surface area contributed by atoms with Gasteiger partial charge in [-0.3, -0.25) is 9.48 Å². The molecule has 2 heterocycles. The summed E-state index contributed by atoms with van der Waals surface area (Å²) in [5.74, 6) is -1.63. The van der Waals surface area contributed by atoms with Crippen molar-refractivity contribution in [2.45, 2.75) is 24.8 Å². The van der Waals surface area contributed by atoms with Gasteiger partial charge >= 0.3 is 5.97 Å². The minimum Gasteiger partial charge on any atom is -0.481 e. The molecule has 33 heavy (non-hydrogen) atoms. The number of hydrogen-bond donors (Lipinski definition) is 2. The fourth-order valence-electron chi connectivity index (χ4n) is 4.10. The van der Waals surface area contributed by atoms with Crippen molar-refractivity contribution in [2.75, 3.05) is 26.2 Å². The molecule has 0 unspecified atom stereocenters. The normalized spacial score (nSPS) is 15.0. The number of nitrogens with one attached hydrogen (secondary N) is 1. The van der Waals surface area contributed by atoms with Gasteiger partial charge in [0.25, 0.3) is 0 Å². The number of carboxylic acids is 1. The first-order valence-corrected chi connectivity index (χ1v) is 12.0. The van der Waals surface area contributed by atoms with E-state index >= 15 is 0 Å². The van der Waals surface area contributed by atoms with Gasteiger partial charge in [0.05, 0.1) is 29.2 Å². The van der Waals surface area contributed by atoms with Gasteiger partial charge < -0.3 is 10.4 Å². The third-order valence-electron chi connectivity index (χ3n) is 5.67. The van der Waals surface area contributed by atoms with E-state index in [9.17, 15) is 22.7 Å². The Morgan fingerprint density at radius 2 is 1.85 bits per heavy atom. The van der Waals surface area contributed by atoms with E-state index in [0.29, 0.717) is 48.7 Å². The first-order valence-electron chi connectivity index (χ1n) is 10.6. The molecule has 2 N–H and O–H groups in total. The molecule has 1 saturated heterocycles. The van der Waals surface area contributed by atoms with Crippen LogP contribution in [0, 0.1) is 12.7 Å². The van der Waals surface area contributed by atoms with Gasteiger partial charge in [0.15, 0.2) is 0 Å². The highest BCUT2D eigenvalue weighted by Gasteiger charge is 2.29. The maximum atomic E-state index is 14.2. The minimum absolute atomic E-state index is 0.0472. The number of sulfonamides is 1. The van der Waals surface area contributed by atoms with Crippen molar-refractivity contribution in [3.05, 3.63) is 71.2 Å². The van der Waals surface area contributed by atoms with E-state index in [2.05, 4.69) is 10.4 Å². The van der Waals surface area contributed by atoms with Crippen LogP contribution in [0.5, 0.6) is 0 Å². The number of carboxylic acid groups (broad SMARTS) is 1. The van der Waals surface area contributed by atoms with E-state index in [0.717, 1.165) is 11.6 Å². The molecular weight excluding hydrogens is 447 g/mol. The molecule has 0 atom stereocenters. The second-order valence-electron chi connectivity index (χ2n) is 7.91. The maximum absolute atomic E-state index is 14.2. The summed E-state index contributed by atoms with van der Waals surface area (Å²) < 4.78 is 43.8. The number of hydrogen-bond acceptors (Lipinski definition) is 5. The molecule has 0 spiro atoms. The number of halogens is 1. The standard InChI is InChI=1S/C23H25FN4O4S/c1-16-20(14-22(29)30)23(17-5-3-2-4-6-17)28(26-16)15-18-7-8-19(24)13-21(18)33(31,32)27-11-9-25-10-12-27/h2-8,13,25H,9-12,14-15H2,1H3,(H,29,30). The van der Waals surface area contributed by atoms with Crippen molar-refractivity contribution in [2.24, 2.45) is 0 Å². The van der Waals surface area contributed by atoms with Crippen LogP contribution in [0.3, 0.4) is 0 Å². The SMILES string of the molecule is Cc1nn(Cc2ccc(F)cc2S(=O)(=O)N2CCNCC2)c(-c2ccccc2)c1CC(=O)O. The Labute approximate surface area is 191 Å². The van der Waals surface area contributed by atoms with Crippen molar-refractivity contribution in [3.8, 4) is 11.3 Å². The highest BCUT2D eigenvalue weighted by Crippen LogP contribution is 2.29. The summed E-state index contributed by atoms with van der Waals surface area (Å²) in [5, 5.41) is 17.1. The molecule has 10 heteroatoms. The van der Waals surface area contributed by atoms with Crippen molar-refractivity contribution >= 4 is 16.0 Å². The Morgan fingerprint density at radius 1 is 1.15 bits per heavy atom. The molecule has 8 nitrogen and oxygen atoms in total. The molecule has 4 rings (SSSR count). The van der Waals surface area contributed by atoms with Gasteiger partial charge in [-0.15, -0.1) is 0 Å². The topological polar surface area (TPSA) is 105 Å². The number of rotatable bonds is 7. The zero-order chi connectivity index (χ0) is 23.6. The quantitative estimate of drug-likeness (QED) is 0.547. The average Bonchev–Trinajstić information content (AvgIpc) is 3.10. The second-order valence-corrected chi connectivity index (χ2v) is 9.82. The minimum atomic E-state index is -3.92. The fourth-order valence-corrected chi connectivity index (χ4v) is 5.77. The van der Waals surface area contributed by atoms with E-state index in [4.69, 9.17) is 0 Å².